The van der Waals surface area contributed by atoms with Crippen LogP contribution in [0.3, 0.4) is 0 Å². The number of carbonyl (C=O) groups excluding carboxylic acids is 1. The molecule has 0 aliphatic carbocycles. The predicted molar refractivity (Wildman–Crippen MR) is 151 cm³/mol. The quantitative estimate of drug-likeness (QED) is 0.264. The highest BCUT2D eigenvalue weighted by atomic mass is 32.2. The van der Waals surface area contributed by atoms with Crippen LogP contribution in [-0.4, -0.2) is 31.5 Å². The minimum atomic E-state index is -0.381. The molecule has 1 N–H and O–H groups in total. The van der Waals surface area contributed by atoms with E-state index in [0.717, 1.165) is 40.5 Å². The number of unbranched alkanes of at least 4 members (excludes halogenated alkanes) is 4. The van der Waals surface area contributed by atoms with Gasteiger partial charge in [-0.3, -0.25) is 10.2 Å². The van der Waals surface area contributed by atoms with Crippen molar-refractivity contribution in [2.45, 2.75) is 59.3 Å². The third kappa shape index (κ3) is 4.55. The lowest BCUT2D eigenvalue weighted by Gasteiger charge is -2.20. The molecule has 0 fully saturated rings. The molecule has 7 heteroatoms. The fraction of sp³-hybridized carbons (Fsp3) is 0.310. The van der Waals surface area contributed by atoms with Gasteiger partial charge in [-0.05, 0) is 67.6 Å². The SMILES string of the molecule is CCCCCCCC1=NN2C(=N)/C(=C\c3cc(C)n(-c4cccc5ccccc45)c3C)C(=O)N=C2S1. The normalized spacial score (nSPS) is 16.6. The molecule has 0 radical (unpaired) electrons. The first-order valence-electron chi connectivity index (χ1n) is 12.6. The molecule has 3 aromatic rings. The Bertz CT molecular complexity index is 1440. The molecule has 0 spiro atoms. The number of rotatable bonds is 8. The molecule has 5 rings (SSSR count). The van der Waals surface area contributed by atoms with Crippen molar-refractivity contribution in [3.63, 3.8) is 0 Å². The minimum Gasteiger partial charge on any atom is -0.317 e. The first-order valence-corrected chi connectivity index (χ1v) is 13.5. The minimum absolute atomic E-state index is 0.0912. The van der Waals surface area contributed by atoms with E-state index < -0.39 is 0 Å². The molecule has 2 aliphatic rings. The number of hydrogen-bond donors (Lipinski definition) is 1. The maximum absolute atomic E-state index is 12.9. The summed E-state index contributed by atoms with van der Waals surface area (Å²) in [6.45, 7) is 6.32. The zero-order valence-corrected chi connectivity index (χ0v) is 21.9. The van der Waals surface area contributed by atoms with Gasteiger partial charge < -0.3 is 4.57 Å². The highest BCUT2D eigenvalue weighted by Crippen LogP contribution is 2.32. The summed E-state index contributed by atoms with van der Waals surface area (Å²) in [6, 6.07) is 16.7. The largest absolute Gasteiger partial charge is 0.317 e. The average Bonchev–Trinajstić information content (AvgIpc) is 3.40. The molecule has 6 nitrogen and oxygen atoms in total. The van der Waals surface area contributed by atoms with Crippen molar-refractivity contribution < 1.29 is 4.79 Å². The van der Waals surface area contributed by atoms with E-state index in [1.54, 1.807) is 6.08 Å². The van der Waals surface area contributed by atoms with Gasteiger partial charge in [0.05, 0.1) is 11.3 Å². The van der Waals surface area contributed by atoms with Crippen molar-refractivity contribution in [2.75, 3.05) is 0 Å². The number of amidine groups is 2. The van der Waals surface area contributed by atoms with Gasteiger partial charge in [0.15, 0.2) is 5.84 Å². The van der Waals surface area contributed by atoms with Crippen LogP contribution in [0.2, 0.25) is 0 Å². The summed E-state index contributed by atoms with van der Waals surface area (Å²) in [5, 5.41) is 18.7. The van der Waals surface area contributed by atoms with Crippen molar-refractivity contribution in [3.8, 4) is 5.69 Å². The molecule has 36 heavy (non-hydrogen) atoms. The lowest BCUT2D eigenvalue weighted by atomic mass is 10.1. The van der Waals surface area contributed by atoms with E-state index in [1.807, 2.05) is 13.0 Å². The van der Waals surface area contributed by atoms with Crippen LogP contribution < -0.4 is 0 Å². The zero-order chi connectivity index (χ0) is 25.2. The Morgan fingerprint density at radius 2 is 1.81 bits per heavy atom. The van der Waals surface area contributed by atoms with Crippen LogP contribution in [0.25, 0.3) is 22.5 Å². The zero-order valence-electron chi connectivity index (χ0n) is 21.0. The van der Waals surface area contributed by atoms with E-state index >= 15 is 0 Å². The van der Waals surface area contributed by atoms with Gasteiger partial charge in [-0.1, -0.05) is 69.0 Å². The van der Waals surface area contributed by atoms with E-state index in [9.17, 15) is 4.79 Å². The molecule has 0 saturated heterocycles. The summed E-state index contributed by atoms with van der Waals surface area (Å²) in [4.78, 5) is 17.2. The molecule has 0 atom stereocenters. The molecule has 1 aromatic heterocycles. The number of thioether (sulfide) groups is 1. The summed E-state index contributed by atoms with van der Waals surface area (Å²) in [6.07, 6.45) is 8.60. The van der Waals surface area contributed by atoms with Gasteiger partial charge in [-0.15, -0.1) is 0 Å². The fourth-order valence-electron chi connectivity index (χ4n) is 4.88. The first-order chi connectivity index (χ1) is 17.5. The second-order valence-corrected chi connectivity index (χ2v) is 10.4. The van der Waals surface area contributed by atoms with Crippen LogP contribution in [0.5, 0.6) is 0 Å². The molecular formula is C29H31N5OS. The molecule has 0 unspecified atom stereocenters. The van der Waals surface area contributed by atoms with E-state index in [2.05, 4.69) is 71.0 Å². The molecule has 3 heterocycles. The maximum Gasteiger partial charge on any atom is 0.283 e. The standard InChI is InChI=1S/C29H31N5OS/c1-4-5-6-7-8-16-26-32-34-27(30)24(28(35)31-29(34)36-26)18-22-17-19(2)33(20(22)3)25-15-11-13-21-12-9-10-14-23(21)25/h9-15,17-18,30H,4-8,16H2,1-3H3/b24-18+,30-27?. The van der Waals surface area contributed by atoms with E-state index in [-0.39, 0.29) is 17.3 Å². The van der Waals surface area contributed by atoms with Gasteiger partial charge in [-0.25, -0.2) is 0 Å². The summed E-state index contributed by atoms with van der Waals surface area (Å²) in [5.41, 5.74) is 4.35. The third-order valence-electron chi connectivity index (χ3n) is 6.77. The number of hydrazone groups is 1. The van der Waals surface area contributed by atoms with E-state index in [4.69, 9.17) is 5.41 Å². The lowest BCUT2D eigenvalue weighted by Crippen LogP contribution is -2.35. The number of nitrogens with one attached hydrogen (secondary N) is 1. The number of aromatic nitrogens is 1. The van der Waals surface area contributed by atoms with Gasteiger partial charge in [0.25, 0.3) is 5.91 Å². The molecule has 0 bridgehead atoms. The number of aryl methyl sites for hydroxylation is 1. The second-order valence-electron chi connectivity index (χ2n) is 9.34. The average molecular weight is 498 g/mol. The summed E-state index contributed by atoms with van der Waals surface area (Å²) >= 11 is 1.42. The van der Waals surface area contributed by atoms with Crippen LogP contribution in [0, 0.1) is 19.3 Å². The van der Waals surface area contributed by atoms with E-state index in [0.29, 0.717) is 5.17 Å². The number of benzene rings is 2. The topological polar surface area (TPSA) is 73.8 Å². The lowest BCUT2D eigenvalue weighted by molar-refractivity contribution is -0.114. The van der Waals surface area contributed by atoms with Crippen molar-refractivity contribution in [1.29, 1.82) is 5.41 Å². The number of amides is 1. The number of nitrogens with zero attached hydrogens (tertiary/aromatic N) is 4. The molecule has 184 valence electrons. The molecule has 2 aromatic carbocycles. The molecule has 1 amide bonds. The van der Waals surface area contributed by atoms with Gasteiger partial charge in [0.1, 0.15) is 5.04 Å². The Kier molecular flexibility index (Phi) is 6.92. The Balaban J connectivity index is 1.42. The van der Waals surface area contributed by atoms with Crippen molar-refractivity contribution in [2.24, 2.45) is 10.1 Å². The first kappa shape index (κ1) is 24.3. The molecule has 2 aliphatic heterocycles. The van der Waals surface area contributed by atoms with Crippen LogP contribution in [0.15, 0.2) is 64.2 Å². The maximum atomic E-state index is 12.9. The number of aliphatic imine (C=N–C) groups is 1. The highest BCUT2D eigenvalue weighted by Gasteiger charge is 2.35. The summed E-state index contributed by atoms with van der Waals surface area (Å²) < 4.78 is 2.21. The smallest absolute Gasteiger partial charge is 0.283 e. The Hall–Kier alpha value is -3.45. The van der Waals surface area contributed by atoms with Crippen LogP contribution in [0.4, 0.5) is 0 Å². The Morgan fingerprint density at radius 1 is 1.03 bits per heavy atom. The van der Waals surface area contributed by atoms with Gasteiger partial charge in [-0.2, -0.15) is 15.1 Å². The third-order valence-corrected chi connectivity index (χ3v) is 7.74. The van der Waals surface area contributed by atoms with Gasteiger partial charge >= 0.3 is 0 Å². The summed E-state index contributed by atoms with van der Waals surface area (Å²) in [7, 11) is 0. The van der Waals surface area contributed by atoms with Gasteiger partial charge in [0, 0.05) is 16.8 Å². The monoisotopic (exact) mass is 497 g/mol. The van der Waals surface area contributed by atoms with E-state index in [1.165, 1.54) is 53.2 Å². The Morgan fingerprint density at radius 3 is 2.64 bits per heavy atom. The molecule has 0 saturated carbocycles. The van der Waals surface area contributed by atoms with Crippen LogP contribution >= 0.6 is 11.8 Å². The Labute approximate surface area is 216 Å². The van der Waals surface area contributed by atoms with Crippen molar-refractivity contribution in [1.82, 2.24) is 9.58 Å². The predicted octanol–water partition coefficient (Wildman–Crippen LogP) is 7.23. The number of carbonyl (C=O) groups is 1. The number of fused-ring (bicyclic) bond motifs is 2. The van der Waals surface area contributed by atoms with Crippen molar-refractivity contribution >= 4 is 50.6 Å². The van der Waals surface area contributed by atoms with Crippen LogP contribution in [-0.2, 0) is 4.79 Å². The number of hydrogen-bond acceptors (Lipinski definition) is 4. The highest BCUT2D eigenvalue weighted by molar-refractivity contribution is 8.26. The van der Waals surface area contributed by atoms with Gasteiger partial charge in [0.2, 0.25) is 5.17 Å². The second kappa shape index (κ2) is 10.3. The van der Waals surface area contributed by atoms with Crippen molar-refractivity contribution in [3.05, 3.63) is 71.1 Å². The molecular weight excluding hydrogens is 466 g/mol. The fourth-order valence-corrected chi connectivity index (χ4v) is 5.80. The van der Waals surface area contributed by atoms with Crippen LogP contribution in [0.1, 0.15) is 62.4 Å². The summed E-state index contributed by atoms with van der Waals surface area (Å²) in [5.74, 6) is -0.290.